The van der Waals surface area contributed by atoms with E-state index in [9.17, 15) is 4.79 Å². The molecule has 172 valence electrons. The number of rotatable bonds is 6. The van der Waals surface area contributed by atoms with E-state index in [0.29, 0.717) is 5.56 Å². The monoisotopic (exact) mass is 454 g/mol. The third kappa shape index (κ3) is 4.15. The first kappa shape index (κ1) is 21.8. The Labute approximate surface area is 197 Å². The Bertz CT molecular complexity index is 1370. The zero-order valence-electron chi connectivity index (χ0n) is 19.2. The molecule has 0 unspecified atom stereocenters. The van der Waals surface area contributed by atoms with E-state index in [2.05, 4.69) is 40.5 Å². The molecule has 1 saturated carbocycles. The van der Waals surface area contributed by atoms with Crippen molar-refractivity contribution in [2.45, 2.75) is 51.6 Å². The topological polar surface area (TPSA) is 114 Å². The Hall–Kier alpha value is -4.06. The normalized spacial score (nSPS) is 18.2. The second-order valence-electron chi connectivity index (χ2n) is 9.11. The Morgan fingerprint density at radius 3 is 2.74 bits per heavy atom. The molecule has 1 fully saturated rings. The lowest BCUT2D eigenvalue weighted by atomic mass is 9.87. The molecular formula is C25H26N8O. The second-order valence-corrected chi connectivity index (χ2v) is 9.11. The SMILES string of the molecule is CC(C)Nc1cc(-n2ccc3cc(C#N)cnc32)ncc1-c1cn([C@H]2CC[C@H](C=O)CC2)nn1. The van der Waals surface area contributed by atoms with Crippen LogP contribution in [0.15, 0.2) is 43.0 Å². The van der Waals surface area contributed by atoms with Crippen molar-refractivity contribution in [1.29, 1.82) is 5.26 Å². The second kappa shape index (κ2) is 9.06. The summed E-state index contributed by atoms with van der Waals surface area (Å²) >= 11 is 0. The summed E-state index contributed by atoms with van der Waals surface area (Å²) in [6.07, 6.45) is 12.0. The highest BCUT2D eigenvalue weighted by molar-refractivity contribution is 5.80. The fourth-order valence-electron chi connectivity index (χ4n) is 4.56. The molecule has 1 aliphatic carbocycles. The molecular weight excluding hydrogens is 428 g/mol. The summed E-state index contributed by atoms with van der Waals surface area (Å²) < 4.78 is 3.84. The van der Waals surface area contributed by atoms with Gasteiger partial charge in [0, 0.05) is 53.3 Å². The lowest BCUT2D eigenvalue weighted by molar-refractivity contribution is -0.112. The van der Waals surface area contributed by atoms with Gasteiger partial charge in [0.2, 0.25) is 0 Å². The van der Waals surface area contributed by atoms with Gasteiger partial charge in [0.15, 0.2) is 0 Å². The number of aromatic nitrogens is 6. The summed E-state index contributed by atoms with van der Waals surface area (Å²) in [5.41, 5.74) is 3.81. The highest BCUT2D eigenvalue weighted by Crippen LogP contribution is 2.33. The number of pyridine rings is 2. The first-order chi connectivity index (χ1) is 16.6. The fourth-order valence-corrected chi connectivity index (χ4v) is 4.56. The predicted octanol–water partition coefficient (Wildman–Crippen LogP) is 4.30. The maximum Gasteiger partial charge on any atom is 0.145 e. The molecule has 1 N–H and O–H groups in total. The summed E-state index contributed by atoms with van der Waals surface area (Å²) in [5, 5.41) is 22.4. The third-order valence-corrected chi connectivity index (χ3v) is 6.33. The molecule has 0 aromatic carbocycles. The minimum atomic E-state index is 0.170. The number of carbonyl (C=O) groups is 1. The minimum absolute atomic E-state index is 0.170. The van der Waals surface area contributed by atoms with Crippen molar-refractivity contribution >= 4 is 23.0 Å². The van der Waals surface area contributed by atoms with Crippen LogP contribution in [0.2, 0.25) is 0 Å². The molecule has 4 heterocycles. The number of aldehydes is 1. The Kier molecular flexibility index (Phi) is 5.80. The number of nitrogens with one attached hydrogen (secondary N) is 1. The molecule has 1 aliphatic rings. The largest absolute Gasteiger partial charge is 0.382 e. The van der Waals surface area contributed by atoms with Gasteiger partial charge in [-0.05, 0) is 51.7 Å². The molecule has 5 rings (SSSR count). The molecule has 0 spiro atoms. The molecule has 0 bridgehead atoms. The third-order valence-electron chi connectivity index (χ3n) is 6.33. The highest BCUT2D eigenvalue weighted by Gasteiger charge is 2.23. The molecule has 0 aliphatic heterocycles. The highest BCUT2D eigenvalue weighted by atomic mass is 16.1. The number of nitriles is 1. The molecule has 4 aromatic heterocycles. The lowest BCUT2D eigenvalue weighted by Crippen LogP contribution is -2.19. The molecule has 0 atom stereocenters. The van der Waals surface area contributed by atoms with Crippen LogP contribution in [-0.4, -0.2) is 41.9 Å². The van der Waals surface area contributed by atoms with Crippen LogP contribution in [0.5, 0.6) is 0 Å². The van der Waals surface area contributed by atoms with Crippen LogP contribution in [-0.2, 0) is 4.79 Å². The number of hydrogen-bond acceptors (Lipinski definition) is 7. The van der Waals surface area contributed by atoms with Gasteiger partial charge in [-0.15, -0.1) is 5.10 Å². The lowest BCUT2D eigenvalue weighted by Gasteiger charge is -2.24. The molecule has 9 nitrogen and oxygen atoms in total. The van der Waals surface area contributed by atoms with Gasteiger partial charge in [-0.2, -0.15) is 5.26 Å². The van der Waals surface area contributed by atoms with E-state index in [1.807, 2.05) is 46.0 Å². The molecule has 4 aromatic rings. The van der Waals surface area contributed by atoms with Gasteiger partial charge in [-0.3, -0.25) is 4.57 Å². The quantitative estimate of drug-likeness (QED) is 0.432. The molecule has 0 radical (unpaired) electrons. The van der Waals surface area contributed by atoms with E-state index >= 15 is 0 Å². The zero-order chi connectivity index (χ0) is 23.7. The van der Waals surface area contributed by atoms with Crippen LogP contribution in [0, 0.1) is 17.2 Å². The van der Waals surface area contributed by atoms with Crippen LogP contribution in [0.25, 0.3) is 28.1 Å². The minimum Gasteiger partial charge on any atom is -0.382 e. The van der Waals surface area contributed by atoms with Crippen LogP contribution in [0.3, 0.4) is 0 Å². The Morgan fingerprint density at radius 2 is 2.00 bits per heavy atom. The van der Waals surface area contributed by atoms with Crippen LogP contribution in [0.1, 0.15) is 51.1 Å². The molecule has 0 saturated heterocycles. The zero-order valence-corrected chi connectivity index (χ0v) is 19.2. The van der Waals surface area contributed by atoms with E-state index in [1.54, 1.807) is 6.20 Å². The van der Waals surface area contributed by atoms with E-state index < -0.39 is 0 Å². The standard InChI is InChI=1S/C25H26N8O/c1-16(2)29-22-10-24(32-8-7-19-9-18(11-26)12-28-25(19)32)27-13-21(22)23-14-33(31-30-23)20-5-3-17(15-34)4-6-20/h7-10,12-17,20H,3-6H2,1-2H3,(H,27,29)/t17-,20-. The van der Waals surface area contributed by atoms with Crippen molar-refractivity contribution in [3.8, 4) is 23.1 Å². The summed E-state index contributed by atoms with van der Waals surface area (Å²) in [6, 6.07) is 8.34. The Balaban J connectivity index is 1.48. The maximum atomic E-state index is 11.1. The average Bonchev–Trinajstić information content (AvgIpc) is 3.51. The molecule has 9 heteroatoms. The number of fused-ring (bicyclic) bond motifs is 1. The van der Waals surface area contributed by atoms with Crippen molar-refractivity contribution in [2.75, 3.05) is 5.32 Å². The summed E-state index contributed by atoms with van der Waals surface area (Å²) in [7, 11) is 0. The van der Waals surface area contributed by atoms with Gasteiger partial charge < -0.3 is 10.1 Å². The van der Waals surface area contributed by atoms with E-state index in [1.165, 1.54) is 0 Å². The summed E-state index contributed by atoms with van der Waals surface area (Å²) in [5.74, 6) is 0.891. The predicted molar refractivity (Wildman–Crippen MR) is 128 cm³/mol. The first-order valence-corrected chi connectivity index (χ1v) is 11.6. The van der Waals surface area contributed by atoms with Gasteiger partial charge in [-0.25, -0.2) is 14.6 Å². The van der Waals surface area contributed by atoms with Crippen molar-refractivity contribution in [2.24, 2.45) is 5.92 Å². The van der Waals surface area contributed by atoms with Gasteiger partial charge >= 0.3 is 0 Å². The van der Waals surface area contributed by atoms with Crippen LogP contribution in [0.4, 0.5) is 5.69 Å². The van der Waals surface area contributed by atoms with Crippen molar-refractivity contribution < 1.29 is 4.79 Å². The van der Waals surface area contributed by atoms with Crippen molar-refractivity contribution in [1.82, 2.24) is 29.5 Å². The smallest absolute Gasteiger partial charge is 0.145 e. The summed E-state index contributed by atoms with van der Waals surface area (Å²) in [4.78, 5) is 20.2. The van der Waals surface area contributed by atoms with Gasteiger partial charge in [-0.1, -0.05) is 5.21 Å². The van der Waals surface area contributed by atoms with Gasteiger partial charge in [0.05, 0.1) is 17.8 Å². The maximum absolute atomic E-state index is 11.1. The van der Waals surface area contributed by atoms with Crippen LogP contribution >= 0.6 is 0 Å². The number of anilines is 1. The van der Waals surface area contributed by atoms with E-state index in [4.69, 9.17) is 10.2 Å². The molecule has 0 amide bonds. The molecule has 34 heavy (non-hydrogen) atoms. The fraction of sp³-hybridized carbons (Fsp3) is 0.360. The van der Waals surface area contributed by atoms with Gasteiger partial charge in [0.25, 0.3) is 0 Å². The van der Waals surface area contributed by atoms with Gasteiger partial charge in [0.1, 0.15) is 29.5 Å². The van der Waals surface area contributed by atoms with Crippen molar-refractivity contribution in [3.63, 3.8) is 0 Å². The Morgan fingerprint density at radius 1 is 1.18 bits per heavy atom. The number of hydrogen-bond donors (Lipinski definition) is 1. The van der Waals surface area contributed by atoms with Crippen molar-refractivity contribution in [3.05, 3.63) is 48.5 Å². The average molecular weight is 455 g/mol. The number of carbonyl (C=O) groups excluding carboxylic acids is 1. The van der Waals surface area contributed by atoms with E-state index in [-0.39, 0.29) is 18.0 Å². The first-order valence-electron chi connectivity index (χ1n) is 11.6. The number of nitrogens with zero attached hydrogens (tertiary/aromatic N) is 7. The summed E-state index contributed by atoms with van der Waals surface area (Å²) in [6.45, 7) is 4.17. The van der Waals surface area contributed by atoms with E-state index in [0.717, 1.165) is 65.8 Å². The van der Waals surface area contributed by atoms with Crippen LogP contribution < -0.4 is 5.32 Å².